The van der Waals surface area contributed by atoms with Crippen LogP contribution in [0, 0.1) is 5.92 Å². The Balaban J connectivity index is 2.25. The van der Waals surface area contributed by atoms with Gasteiger partial charge in [-0.25, -0.2) is 0 Å². The molecule has 1 heterocycles. The normalized spacial score (nSPS) is 18.2. The molecule has 0 aliphatic carbocycles. The Kier molecular flexibility index (Phi) is 3.20. The van der Waals surface area contributed by atoms with Gasteiger partial charge < -0.3 is 10.1 Å². The molecule has 0 saturated carbocycles. The first-order valence-corrected chi connectivity index (χ1v) is 6.02. The average Bonchev–Trinajstić information content (AvgIpc) is 2.23. The van der Waals surface area contributed by atoms with Gasteiger partial charge in [-0.15, -0.1) is 0 Å². The number of hydrogen-bond acceptors (Lipinski definition) is 2. The van der Waals surface area contributed by atoms with Crippen molar-refractivity contribution in [2.75, 3.05) is 25.6 Å². The van der Waals surface area contributed by atoms with E-state index in [-0.39, 0.29) is 5.41 Å². The van der Waals surface area contributed by atoms with E-state index >= 15 is 0 Å². The highest BCUT2D eigenvalue weighted by molar-refractivity contribution is 5.47. The molecule has 1 fully saturated rings. The van der Waals surface area contributed by atoms with Gasteiger partial charge in [0.15, 0.2) is 0 Å². The zero-order valence-corrected chi connectivity index (χ0v) is 10.4. The highest BCUT2D eigenvalue weighted by Crippen LogP contribution is 2.38. The van der Waals surface area contributed by atoms with Gasteiger partial charge in [0.05, 0.1) is 13.2 Å². The second-order valence-corrected chi connectivity index (χ2v) is 5.20. The van der Waals surface area contributed by atoms with Crippen molar-refractivity contribution >= 4 is 5.69 Å². The van der Waals surface area contributed by atoms with Crippen LogP contribution in [0.2, 0.25) is 0 Å². The minimum atomic E-state index is 0.265. The SMILES string of the molecule is CNc1cccc(C2(CC(C)C)COC2)c1. The third kappa shape index (κ3) is 2.07. The van der Waals surface area contributed by atoms with Gasteiger partial charge in [0.1, 0.15) is 0 Å². The molecule has 16 heavy (non-hydrogen) atoms. The fourth-order valence-corrected chi connectivity index (χ4v) is 2.54. The van der Waals surface area contributed by atoms with E-state index in [1.165, 1.54) is 17.7 Å². The minimum Gasteiger partial charge on any atom is -0.388 e. The predicted molar refractivity (Wildman–Crippen MR) is 67.9 cm³/mol. The summed E-state index contributed by atoms with van der Waals surface area (Å²) in [4.78, 5) is 0. The van der Waals surface area contributed by atoms with E-state index < -0.39 is 0 Å². The van der Waals surface area contributed by atoms with Crippen LogP contribution in [0.3, 0.4) is 0 Å². The predicted octanol–water partition coefficient (Wildman–Crippen LogP) is 3.04. The lowest BCUT2D eigenvalue weighted by Crippen LogP contribution is -2.47. The number of nitrogens with one attached hydrogen (secondary N) is 1. The van der Waals surface area contributed by atoms with Gasteiger partial charge in [0.25, 0.3) is 0 Å². The molecular weight excluding hydrogens is 198 g/mol. The zero-order chi connectivity index (χ0) is 11.6. The maximum atomic E-state index is 5.45. The molecule has 0 unspecified atom stereocenters. The number of rotatable bonds is 4. The van der Waals surface area contributed by atoms with Crippen LogP contribution in [0.4, 0.5) is 5.69 Å². The van der Waals surface area contributed by atoms with Crippen molar-refractivity contribution in [2.24, 2.45) is 5.92 Å². The van der Waals surface area contributed by atoms with Crippen molar-refractivity contribution < 1.29 is 4.74 Å². The Morgan fingerprint density at radius 2 is 2.12 bits per heavy atom. The second kappa shape index (κ2) is 4.46. The molecule has 1 aliphatic heterocycles. The average molecular weight is 219 g/mol. The standard InChI is InChI=1S/C14H21NO/c1-11(2)8-14(9-16-10-14)12-5-4-6-13(7-12)15-3/h4-7,11,15H,8-10H2,1-3H3. The van der Waals surface area contributed by atoms with Crippen LogP contribution in [0.5, 0.6) is 0 Å². The second-order valence-electron chi connectivity index (χ2n) is 5.20. The number of ether oxygens (including phenoxy) is 1. The lowest BCUT2D eigenvalue weighted by atomic mass is 9.73. The van der Waals surface area contributed by atoms with E-state index in [2.05, 4.69) is 43.4 Å². The first-order valence-electron chi connectivity index (χ1n) is 6.02. The van der Waals surface area contributed by atoms with E-state index in [1.54, 1.807) is 0 Å². The smallest absolute Gasteiger partial charge is 0.0585 e. The first kappa shape index (κ1) is 11.5. The topological polar surface area (TPSA) is 21.3 Å². The Labute approximate surface area is 98.0 Å². The first-order chi connectivity index (χ1) is 7.66. The van der Waals surface area contributed by atoms with Gasteiger partial charge in [0.2, 0.25) is 0 Å². The van der Waals surface area contributed by atoms with Crippen LogP contribution >= 0.6 is 0 Å². The van der Waals surface area contributed by atoms with E-state index in [0.29, 0.717) is 5.92 Å². The molecule has 88 valence electrons. The quantitative estimate of drug-likeness (QED) is 0.840. The molecule has 1 aromatic rings. The molecule has 2 heteroatoms. The van der Waals surface area contributed by atoms with Gasteiger partial charge in [-0.1, -0.05) is 26.0 Å². The van der Waals surface area contributed by atoms with Crippen molar-refractivity contribution in [2.45, 2.75) is 25.7 Å². The molecule has 0 bridgehead atoms. The lowest BCUT2D eigenvalue weighted by molar-refractivity contribution is -0.0697. The molecule has 1 N–H and O–H groups in total. The van der Waals surface area contributed by atoms with Crippen LogP contribution < -0.4 is 5.32 Å². The Morgan fingerprint density at radius 3 is 2.62 bits per heavy atom. The summed E-state index contributed by atoms with van der Waals surface area (Å²) in [6.45, 7) is 6.31. The fraction of sp³-hybridized carbons (Fsp3) is 0.571. The van der Waals surface area contributed by atoms with Gasteiger partial charge >= 0.3 is 0 Å². The van der Waals surface area contributed by atoms with Crippen LogP contribution in [0.15, 0.2) is 24.3 Å². The van der Waals surface area contributed by atoms with Crippen molar-refractivity contribution in [3.8, 4) is 0 Å². The summed E-state index contributed by atoms with van der Waals surface area (Å²) >= 11 is 0. The molecule has 2 rings (SSSR count). The van der Waals surface area contributed by atoms with E-state index in [0.717, 1.165) is 13.2 Å². The minimum absolute atomic E-state index is 0.265. The molecule has 0 aromatic heterocycles. The maximum Gasteiger partial charge on any atom is 0.0585 e. The molecule has 1 aromatic carbocycles. The monoisotopic (exact) mass is 219 g/mol. The summed E-state index contributed by atoms with van der Waals surface area (Å²) < 4.78 is 5.45. The number of hydrogen-bond donors (Lipinski definition) is 1. The summed E-state index contributed by atoms with van der Waals surface area (Å²) in [7, 11) is 1.96. The lowest BCUT2D eigenvalue weighted by Gasteiger charge is -2.43. The largest absolute Gasteiger partial charge is 0.388 e. The molecular formula is C14H21NO. The summed E-state index contributed by atoms with van der Waals surface area (Å²) in [5.41, 5.74) is 2.87. The highest BCUT2D eigenvalue weighted by atomic mass is 16.5. The number of anilines is 1. The van der Waals surface area contributed by atoms with Crippen molar-refractivity contribution in [3.05, 3.63) is 29.8 Å². The molecule has 0 spiro atoms. The van der Waals surface area contributed by atoms with Crippen molar-refractivity contribution in [1.29, 1.82) is 0 Å². The molecule has 1 saturated heterocycles. The van der Waals surface area contributed by atoms with Gasteiger partial charge in [0, 0.05) is 18.2 Å². The van der Waals surface area contributed by atoms with E-state index in [1.807, 2.05) is 7.05 Å². The summed E-state index contributed by atoms with van der Waals surface area (Å²) in [5, 5.41) is 3.20. The number of benzene rings is 1. The summed E-state index contributed by atoms with van der Waals surface area (Å²) in [6.07, 6.45) is 1.21. The van der Waals surface area contributed by atoms with Gasteiger partial charge in [-0.05, 0) is 30.0 Å². The van der Waals surface area contributed by atoms with Gasteiger partial charge in [-0.2, -0.15) is 0 Å². The highest BCUT2D eigenvalue weighted by Gasteiger charge is 2.40. The van der Waals surface area contributed by atoms with Crippen LogP contribution in [0.25, 0.3) is 0 Å². The molecule has 0 atom stereocenters. The Morgan fingerprint density at radius 1 is 1.38 bits per heavy atom. The van der Waals surface area contributed by atoms with Gasteiger partial charge in [-0.3, -0.25) is 0 Å². The fourth-order valence-electron chi connectivity index (χ4n) is 2.54. The van der Waals surface area contributed by atoms with Crippen LogP contribution in [-0.2, 0) is 10.2 Å². The van der Waals surface area contributed by atoms with Crippen LogP contribution in [-0.4, -0.2) is 20.3 Å². The molecule has 0 amide bonds. The summed E-state index contributed by atoms with van der Waals surface area (Å²) in [5.74, 6) is 0.710. The maximum absolute atomic E-state index is 5.45. The van der Waals surface area contributed by atoms with Crippen molar-refractivity contribution in [1.82, 2.24) is 0 Å². The Hall–Kier alpha value is -1.02. The molecule has 0 radical (unpaired) electrons. The van der Waals surface area contributed by atoms with Crippen LogP contribution in [0.1, 0.15) is 25.8 Å². The molecule has 2 nitrogen and oxygen atoms in total. The summed E-state index contributed by atoms with van der Waals surface area (Å²) in [6, 6.07) is 8.71. The third-order valence-corrected chi connectivity index (χ3v) is 3.32. The molecule has 1 aliphatic rings. The van der Waals surface area contributed by atoms with Crippen molar-refractivity contribution in [3.63, 3.8) is 0 Å². The van der Waals surface area contributed by atoms with E-state index in [9.17, 15) is 0 Å². The van der Waals surface area contributed by atoms with E-state index in [4.69, 9.17) is 4.74 Å². The third-order valence-electron chi connectivity index (χ3n) is 3.32. The Bertz CT molecular complexity index is 356. The zero-order valence-electron chi connectivity index (χ0n) is 10.4.